The number of aryl methyl sites for hydroxylation is 1. The van der Waals surface area contributed by atoms with Crippen molar-refractivity contribution < 1.29 is 17.3 Å². The van der Waals surface area contributed by atoms with Crippen LogP contribution in [0.5, 0.6) is 5.75 Å². The molecule has 0 bridgehead atoms. The van der Waals surface area contributed by atoms with Crippen LogP contribution >= 0.6 is 0 Å². The molecule has 3 rings (SSSR count). The van der Waals surface area contributed by atoms with E-state index in [2.05, 4.69) is 0 Å². The highest BCUT2D eigenvalue weighted by Gasteiger charge is 2.33. The molecule has 2 aromatic carbocycles. The van der Waals surface area contributed by atoms with Crippen molar-refractivity contribution in [3.05, 3.63) is 59.7 Å². The first-order valence-corrected chi connectivity index (χ1v) is 10.0. The fourth-order valence-electron chi connectivity index (χ4n) is 3.46. The van der Waals surface area contributed by atoms with Gasteiger partial charge in [-0.2, -0.15) is 8.42 Å². The van der Waals surface area contributed by atoms with Crippen LogP contribution < -0.4 is 4.74 Å². The van der Waals surface area contributed by atoms with Crippen molar-refractivity contribution in [1.82, 2.24) is 0 Å². The van der Waals surface area contributed by atoms with Crippen molar-refractivity contribution in [2.24, 2.45) is 0 Å². The highest BCUT2D eigenvalue weighted by molar-refractivity contribution is 7.86. The minimum absolute atomic E-state index is 0.0186. The van der Waals surface area contributed by atoms with Crippen LogP contribution in [0.1, 0.15) is 42.7 Å². The van der Waals surface area contributed by atoms with Gasteiger partial charge in [-0.25, -0.2) is 0 Å². The molecule has 0 spiro atoms. The summed E-state index contributed by atoms with van der Waals surface area (Å²) in [6.07, 6.45) is 3.30. The van der Waals surface area contributed by atoms with Crippen molar-refractivity contribution in [3.8, 4) is 5.75 Å². The third-order valence-corrected chi connectivity index (χ3v) is 6.15. The molecule has 5 heteroatoms. The van der Waals surface area contributed by atoms with Gasteiger partial charge in [0, 0.05) is 5.92 Å². The number of hydrogen-bond acceptors (Lipinski definition) is 4. The first-order valence-electron chi connectivity index (χ1n) is 8.64. The van der Waals surface area contributed by atoms with Crippen molar-refractivity contribution in [1.29, 1.82) is 0 Å². The van der Waals surface area contributed by atoms with Crippen molar-refractivity contribution in [3.63, 3.8) is 0 Å². The summed E-state index contributed by atoms with van der Waals surface area (Å²) in [6, 6.07) is 14.6. The molecular weight excluding hydrogens is 336 g/mol. The molecule has 0 N–H and O–H groups in total. The second kappa shape index (κ2) is 7.58. The summed E-state index contributed by atoms with van der Waals surface area (Å²) in [5.74, 6) is 0.806. The molecule has 1 saturated carbocycles. The minimum Gasteiger partial charge on any atom is -0.496 e. The molecule has 134 valence electrons. The van der Waals surface area contributed by atoms with E-state index in [1.807, 2.05) is 31.2 Å². The Morgan fingerprint density at radius 1 is 0.960 bits per heavy atom. The Labute approximate surface area is 149 Å². The highest BCUT2D eigenvalue weighted by atomic mass is 32.2. The molecular formula is C20H24O4S. The van der Waals surface area contributed by atoms with Gasteiger partial charge in [0.05, 0.1) is 18.1 Å². The Morgan fingerprint density at radius 3 is 2.36 bits per heavy atom. The topological polar surface area (TPSA) is 52.6 Å². The lowest BCUT2D eigenvalue weighted by Crippen LogP contribution is -2.29. The van der Waals surface area contributed by atoms with Crippen LogP contribution in [0.25, 0.3) is 0 Å². The van der Waals surface area contributed by atoms with Gasteiger partial charge in [0.2, 0.25) is 0 Å². The molecule has 1 fully saturated rings. The van der Waals surface area contributed by atoms with Crippen LogP contribution in [0, 0.1) is 6.92 Å². The van der Waals surface area contributed by atoms with E-state index in [4.69, 9.17) is 8.92 Å². The van der Waals surface area contributed by atoms with E-state index < -0.39 is 10.1 Å². The summed E-state index contributed by atoms with van der Waals surface area (Å²) in [5, 5.41) is 0. The van der Waals surface area contributed by atoms with Gasteiger partial charge in [-0.1, -0.05) is 48.7 Å². The summed E-state index contributed by atoms with van der Waals surface area (Å²) in [6.45, 7) is 1.93. The average molecular weight is 360 g/mol. The largest absolute Gasteiger partial charge is 0.496 e. The zero-order valence-electron chi connectivity index (χ0n) is 14.6. The number of hydrogen-bond donors (Lipinski definition) is 0. The fourth-order valence-corrected chi connectivity index (χ4v) is 4.60. The fraction of sp³-hybridized carbons (Fsp3) is 0.400. The quantitative estimate of drug-likeness (QED) is 0.740. The SMILES string of the molecule is COc1ccccc1C1CCCCC1OS(=O)(=O)c1ccc(C)cc1. The van der Waals surface area contributed by atoms with E-state index in [9.17, 15) is 8.42 Å². The van der Waals surface area contributed by atoms with Crippen LogP contribution in [-0.2, 0) is 14.3 Å². The minimum atomic E-state index is -3.78. The summed E-state index contributed by atoms with van der Waals surface area (Å²) >= 11 is 0. The lowest BCUT2D eigenvalue weighted by Gasteiger charge is -2.32. The van der Waals surface area contributed by atoms with E-state index >= 15 is 0 Å². The molecule has 0 heterocycles. The molecule has 0 saturated heterocycles. The van der Waals surface area contributed by atoms with Gasteiger partial charge < -0.3 is 4.74 Å². The van der Waals surface area contributed by atoms with Crippen LogP contribution in [0.4, 0.5) is 0 Å². The third-order valence-electron chi connectivity index (χ3n) is 4.80. The maximum absolute atomic E-state index is 12.7. The monoisotopic (exact) mass is 360 g/mol. The van der Waals surface area contributed by atoms with E-state index in [-0.39, 0.29) is 16.9 Å². The van der Waals surface area contributed by atoms with Crippen molar-refractivity contribution >= 4 is 10.1 Å². The van der Waals surface area contributed by atoms with Crippen LogP contribution in [0.2, 0.25) is 0 Å². The second-order valence-electron chi connectivity index (χ2n) is 6.53. The Morgan fingerprint density at radius 2 is 1.64 bits per heavy atom. The molecule has 4 nitrogen and oxygen atoms in total. The van der Waals surface area contributed by atoms with E-state index in [0.717, 1.165) is 42.6 Å². The predicted octanol–water partition coefficient (Wildman–Crippen LogP) is 4.44. The van der Waals surface area contributed by atoms with Crippen LogP contribution in [-0.4, -0.2) is 21.6 Å². The molecule has 0 aromatic heterocycles. The summed E-state index contributed by atoms with van der Waals surface area (Å²) in [4.78, 5) is 0.211. The van der Waals surface area contributed by atoms with E-state index in [1.165, 1.54) is 0 Å². The van der Waals surface area contributed by atoms with Gasteiger partial charge in [0.1, 0.15) is 5.75 Å². The van der Waals surface area contributed by atoms with Crippen molar-refractivity contribution in [2.75, 3.05) is 7.11 Å². The second-order valence-corrected chi connectivity index (χ2v) is 8.11. The van der Waals surface area contributed by atoms with E-state index in [0.29, 0.717) is 0 Å². The summed E-state index contributed by atoms with van der Waals surface area (Å²) in [7, 11) is -2.14. The van der Waals surface area contributed by atoms with Gasteiger partial charge >= 0.3 is 0 Å². The average Bonchev–Trinajstić information content (AvgIpc) is 2.62. The Kier molecular flexibility index (Phi) is 5.45. The Hall–Kier alpha value is -1.85. The molecule has 1 aliphatic carbocycles. The lowest BCUT2D eigenvalue weighted by atomic mass is 9.81. The standard InChI is InChI=1S/C20H24O4S/c1-15-11-13-16(14-12-15)25(21,22)24-20-10-6-4-8-18(20)17-7-3-5-9-19(17)23-2/h3,5,7,9,11-14,18,20H,4,6,8,10H2,1-2H3. The molecule has 2 unspecified atom stereocenters. The molecule has 0 amide bonds. The summed E-state index contributed by atoms with van der Waals surface area (Å²) in [5.41, 5.74) is 2.04. The first-order chi connectivity index (χ1) is 12.0. The first kappa shape index (κ1) is 18.0. The van der Waals surface area contributed by atoms with Crippen LogP contribution in [0.15, 0.2) is 53.4 Å². The van der Waals surface area contributed by atoms with Gasteiger partial charge in [0.25, 0.3) is 10.1 Å². The van der Waals surface area contributed by atoms with Gasteiger partial charge in [-0.05, 0) is 43.5 Å². The molecule has 2 atom stereocenters. The third kappa shape index (κ3) is 4.05. The maximum atomic E-state index is 12.7. The molecule has 25 heavy (non-hydrogen) atoms. The van der Waals surface area contributed by atoms with Gasteiger partial charge in [0.15, 0.2) is 0 Å². The smallest absolute Gasteiger partial charge is 0.297 e. The lowest BCUT2D eigenvalue weighted by molar-refractivity contribution is 0.135. The molecule has 0 radical (unpaired) electrons. The van der Waals surface area contributed by atoms with E-state index in [1.54, 1.807) is 31.4 Å². The number of methoxy groups -OCH3 is 1. The predicted molar refractivity (Wildman–Crippen MR) is 97.4 cm³/mol. The van der Waals surface area contributed by atoms with Gasteiger partial charge in [-0.3, -0.25) is 4.18 Å². The molecule has 0 aliphatic heterocycles. The van der Waals surface area contributed by atoms with Gasteiger partial charge in [-0.15, -0.1) is 0 Å². The Bertz CT molecular complexity index is 812. The number of ether oxygens (including phenoxy) is 1. The van der Waals surface area contributed by atoms with Crippen molar-refractivity contribution in [2.45, 2.75) is 49.5 Å². The normalized spacial score (nSPS) is 21.0. The number of benzene rings is 2. The number of rotatable bonds is 5. The summed E-state index contributed by atoms with van der Waals surface area (Å²) < 4.78 is 36.5. The zero-order chi connectivity index (χ0) is 17.9. The Balaban J connectivity index is 1.87. The maximum Gasteiger partial charge on any atom is 0.297 e. The molecule has 1 aliphatic rings. The number of para-hydroxylation sites is 1. The molecule has 2 aromatic rings. The highest BCUT2D eigenvalue weighted by Crippen LogP contribution is 2.40. The zero-order valence-corrected chi connectivity index (χ0v) is 15.5. The van der Waals surface area contributed by atoms with Crippen LogP contribution in [0.3, 0.4) is 0 Å².